The Morgan fingerprint density at radius 3 is 1.14 bits per heavy atom. The Morgan fingerprint density at radius 1 is 1.14 bits per heavy atom. The molecule has 1 unspecified atom stereocenters. The molecule has 7 heavy (non-hydrogen) atoms. The van der Waals surface area contributed by atoms with Crippen LogP contribution in [0.1, 0.15) is 2.85 Å². The summed E-state index contributed by atoms with van der Waals surface area (Å²) in [6, 6.07) is 0. The first-order chi connectivity index (χ1) is 0. The van der Waals surface area contributed by atoms with Gasteiger partial charge in [0.1, 0.15) is 0 Å². The Labute approximate surface area is 107 Å². The van der Waals surface area contributed by atoms with Crippen molar-refractivity contribution in [3.05, 3.63) is 0 Å². The van der Waals surface area contributed by atoms with E-state index in [4.69, 9.17) is 0 Å². The van der Waals surface area contributed by atoms with Crippen LogP contribution in [-0.4, -0.2) is 48.8 Å². The second kappa shape index (κ2) is 62.8. The molecule has 0 rings (SSSR count). The summed E-state index contributed by atoms with van der Waals surface area (Å²) in [4.78, 5) is 0. The van der Waals surface area contributed by atoms with Crippen molar-refractivity contribution in [1.82, 2.24) is 6.15 Å². The van der Waals surface area contributed by atoms with Gasteiger partial charge in [-0.15, -0.1) is 0 Å². The summed E-state index contributed by atoms with van der Waals surface area (Å²) >= 11 is 0. The largest absolute Gasteiger partial charge is 2.00 e. The average Bonchev–Trinajstić information content (AvgIpc) is 0. The molecule has 0 aromatic heterocycles. The average molecular weight is 279 g/mol. The molecule has 0 aromatic rings. The molecule has 0 aliphatic rings. The van der Waals surface area contributed by atoms with Gasteiger partial charge in [-0.1, -0.05) is 0 Å². The second-order valence-electron chi connectivity index (χ2n) is 0. The summed E-state index contributed by atoms with van der Waals surface area (Å²) < 4.78 is 0. The summed E-state index contributed by atoms with van der Waals surface area (Å²) in [5.74, 6) is 0. The monoisotopic (exact) mass is 280 g/mol. The third kappa shape index (κ3) is 48.2. The van der Waals surface area contributed by atoms with E-state index in [1.165, 1.54) is 0 Å². The van der Waals surface area contributed by atoms with Crippen molar-refractivity contribution in [2.24, 2.45) is 0 Å². The van der Waals surface area contributed by atoms with Crippen LogP contribution >= 0.6 is 9.90 Å². The third-order valence-corrected chi connectivity index (χ3v) is 0. The van der Waals surface area contributed by atoms with Gasteiger partial charge in [0.25, 0.3) is 0 Å². The van der Waals surface area contributed by atoms with Gasteiger partial charge in [0.05, 0.1) is 0 Å². The van der Waals surface area contributed by atoms with Gasteiger partial charge in [0.2, 0.25) is 0 Å². The Kier molecular flexibility index (Phi) is 789. The molecule has 0 saturated carbocycles. The minimum Gasteiger partial charge on any atom is -1.00 e. The molecule has 0 bridgehead atoms. The van der Waals surface area contributed by atoms with Gasteiger partial charge in [-0.2, -0.15) is 9.90 Å². The number of rotatable bonds is 0. The first-order valence-corrected chi connectivity index (χ1v) is 0. The zero-order chi connectivity index (χ0) is 0. The van der Waals surface area contributed by atoms with Crippen LogP contribution in [0.2, 0.25) is 0 Å². The first kappa shape index (κ1) is 88.0. The zero-order valence-electron chi connectivity index (χ0n) is 5.81. The minimum absolute atomic E-state index is 0. The fourth-order valence-corrected chi connectivity index (χ4v) is 0. The smallest absolute Gasteiger partial charge is 1.00 e. The fraction of sp³-hybridized carbons (Fsp3) is 0. The Balaban J connectivity index is 0. The summed E-state index contributed by atoms with van der Waals surface area (Å²) in [7, 11) is 0. The maximum atomic E-state index is 0. The summed E-state index contributed by atoms with van der Waals surface area (Å²) in [6.45, 7) is 0. The van der Waals surface area contributed by atoms with Crippen molar-refractivity contribution >= 4 is 58.7 Å². The van der Waals surface area contributed by atoms with Crippen LogP contribution in [0, 0.1) is 0 Å². The zero-order valence-corrected chi connectivity index (χ0v) is 11.6. The van der Waals surface area contributed by atoms with Crippen LogP contribution in [0.25, 0.3) is 0 Å². The van der Waals surface area contributed by atoms with E-state index < -0.39 is 0 Å². The summed E-state index contributed by atoms with van der Waals surface area (Å²) in [5, 5.41) is 0. The van der Waals surface area contributed by atoms with Crippen LogP contribution in [0.3, 0.4) is 0 Å². The molecule has 1 atom stereocenters. The topological polar surface area (TPSA) is 35.0 Å². The molecule has 0 aliphatic heterocycles. The predicted octanol–water partition coefficient (Wildman–Crippen LogP) is -1.51. The van der Waals surface area contributed by atoms with Gasteiger partial charge < -0.3 is 9.00 Å². The van der Waals surface area contributed by atoms with E-state index in [-0.39, 0.29) is 108 Å². The van der Waals surface area contributed by atoms with E-state index in [1.807, 2.05) is 0 Å². The van der Waals surface area contributed by atoms with Crippen LogP contribution in [0.4, 0.5) is 0 Å². The van der Waals surface area contributed by atoms with Gasteiger partial charge >= 0.3 is 23.1 Å². The van der Waals surface area contributed by atoms with Gasteiger partial charge in [0.15, 0.2) is 17.4 Å². The van der Waals surface area contributed by atoms with Gasteiger partial charge in [0, 0.05) is 49.0 Å². The molecule has 0 aromatic carbocycles. The molecule has 0 spiro atoms. The van der Waals surface area contributed by atoms with Crippen LogP contribution in [0.5, 0.6) is 0 Å². The minimum atomic E-state index is 0. The summed E-state index contributed by atoms with van der Waals surface area (Å²) in [5.41, 5.74) is 0. The normalized spacial score (nSPS) is 0. The third-order valence-electron chi connectivity index (χ3n) is 0. The molecule has 3 N–H and O–H groups in total. The Bertz CT molecular complexity index is 26.5. The quantitative estimate of drug-likeness (QED) is 0.425. The van der Waals surface area contributed by atoms with Crippen LogP contribution in [-0.2, 0) is 40.5 Å². The maximum Gasteiger partial charge on any atom is 2.00 e. The van der Waals surface area contributed by atoms with Gasteiger partial charge in [-0.25, -0.2) is 0 Å². The van der Waals surface area contributed by atoms with E-state index >= 15 is 0 Å². The SMILES string of the molecule is N.P.[AlH3].[B].[H-].[H-].[Mg+2].[Mo].[Zn]. The van der Waals surface area contributed by atoms with Crippen molar-refractivity contribution in [1.29, 1.82) is 0 Å². The van der Waals surface area contributed by atoms with Crippen LogP contribution < -0.4 is 6.15 Å². The Hall–Kier alpha value is 3.07. The van der Waals surface area contributed by atoms with E-state index in [9.17, 15) is 0 Å². The molecule has 0 saturated heterocycles. The summed E-state index contributed by atoms with van der Waals surface area (Å²) in [6.07, 6.45) is 0. The van der Waals surface area contributed by atoms with Crippen molar-refractivity contribution < 1.29 is 43.4 Å². The fourth-order valence-electron chi connectivity index (χ4n) is 0. The molecule has 7 heteroatoms. The van der Waals surface area contributed by atoms with Crippen molar-refractivity contribution in [3.63, 3.8) is 0 Å². The number of hydrogen-bond donors (Lipinski definition) is 1. The molecule has 0 amide bonds. The molecule has 3 radical (unpaired) electrons. The predicted molar refractivity (Wildman–Crippen MR) is 39.8 cm³/mol. The standard InChI is InChI=1S/Al.B.Mg.Mo.H3N.H3P.Zn.5H/h;;;;2*1H3;;;;;;/q;;+2;;;;;;;;2*-1. The molecular formula is H11AlBMgMoNPZn. The first-order valence-electron chi connectivity index (χ1n) is 0. The van der Waals surface area contributed by atoms with Gasteiger partial charge in [-0.05, 0) is 0 Å². The molecule has 0 fully saturated rings. The Morgan fingerprint density at radius 2 is 1.14 bits per heavy atom. The van der Waals surface area contributed by atoms with Crippen molar-refractivity contribution in [3.8, 4) is 0 Å². The van der Waals surface area contributed by atoms with Crippen LogP contribution in [0.15, 0.2) is 0 Å². The van der Waals surface area contributed by atoms with E-state index in [2.05, 4.69) is 0 Å². The van der Waals surface area contributed by atoms with Crippen molar-refractivity contribution in [2.45, 2.75) is 0 Å². The number of hydrogen-bond acceptors (Lipinski definition) is 1. The van der Waals surface area contributed by atoms with E-state index in [0.717, 1.165) is 0 Å². The molecule has 0 aliphatic carbocycles. The molecule has 0 heterocycles. The van der Waals surface area contributed by atoms with Gasteiger partial charge in [-0.3, -0.25) is 0 Å². The molecular weight excluding hydrogens is 268 g/mol. The van der Waals surface area contributed by atoms with E-state index in [0.29, 0.717) is 0 Å². The second-order valence-corrected chi connectivity index (χ2v) is 0. The van der Waals surface area contributed by atoms with E-state index in [1.54, 1.807) is 0 Å². The molecule has 37 valence electrons. The molecule has 1 nitrogen and oxygen atoms in total. The van der Waals surface area contributed by atoms with Crippen molar-refractivity contribution in [2.75, 3.05) is 0 Å². The maximum absolute atomic E-state index is 0.